The average molecular weight is 852 g/mol. The van der Waals surface area contributed by atoms with E-state index in [0.717, 1.165) is 33.4 Å². The van der Waals surface area contributed by atoms with Gasteiger partial charge < -0.3 is 46.1 Å². The Kier molecular flexibility index (Phi) is 18.2. The smallest absolute Gasteiger partial charge is 0.407 e. The summed E-state index contributed by atoms with van der Waals surface area (Å²) in [4.78, 5) is 72.7. The van der Waals surface area contributed by atoms with Gasteiger partial charge >= 0.3 is 18.2 Å². The number of esters is 1. The van der Waals surface area contributed by atoms with Crippen LogP contribution in [0, 0.1) is 19.3 Å². The van der Waals surface area contributed by atoms with Crippen molar-refractivity contribution in [2.75, 3.05) is 33.8 Å². The van der Waals surface area contributed by atoms with Crippen molar-refractivity contribution in [3.05, 3.63) is 95.1 Å². The fraction of sp³-hybridized carbons (Fsp3) is 0.447. The molecule has 332 valence electrons. The summed E-state index contributed by atoms with van der Waals surface area (Å²) < 4.78 is 16.6. The van der Waals surface area contributed by atoms with Gasteiger partial charge in [-0.1, -0.05) is 78.4 Å². The van der Waals surface area contributed by atoms with Crippen molar-refractivity contribution in [1.82, 2.24) is 26.2 Å². The third-order valence-electron chi connectivity index (χ3n) is 9.98. The summed E-state index contributed by atoms with van der Waals surface area (Å²) in [6, 6.07) is 19.8. The summed E-state index contributed by atoms with van der Waals surface area (Å²) in [6.07, 6.45) is 5.58. The van der Waals surface area contributed by atoms with Crippen molar-refractivity contribution in [3.63, 3.8) is 0 Å². The monoisotopic (exact) mass is 851 g/mol. The van der Waals surface area contributed by atoms with Crippen LogP contribution in [-0.2, 0) is 35.2 Å². The number of alkyl carbamates (subject to hydrolysis) is 2. The lowest BCUT2D eigenvalue weighted by Crippen LogP contribution is -2.55. The number of terminal acetylenes is 1. The minimum absolute atomic E-state index is 0.0241. The SMILES string of the molecule is C#CC[C@H](NC(=O)[C@H](CCCN=C(N)N(C)C)NC(=O)OCC1c2ccccc2-c2ccccc21)C(=O)N[C@@H](CCCCNC(=O)OC(C)(C)C)C(=O)OCc1ccc(C)cc1. The van der Waals surface area contributed by atoms with Crippen molar-refractivity contribution in [2.45, 2.75) is 102 Å². The first-order valence-electron chi connectivity index (χ1n) is 20.9. The maximum Gasteiger partial charge on any atom is 0.407 e. The molecular formula is C47H61N7O8. The van der Waals surface area contributed by atoms with E-state index in [2.05, 4.69) is 32.2 Å². The van der Waals surface area contributed by atoms with E-state index in [-0.39, 0.29) is 51.5 Å². The number of amides is 4. The first-order valence-corrected chi connectivity index (χ1v) is 20.9. The highest BCUT2D eigenvalue weighted by atomic mass is 16.6. The van der Waals surface area contributed by atoms with Crippen LogP contribution in [0.5, 0.6) is 0 Å². The molecule has 0 saturated heterocycles. The van der Waals surface area contributed by atoms with Gasteiger partial charge in [0.1, 0.15) is 36.9 Å². The number of rotatable bonds is 20. The molecule has 0 aliphatic heterocycles. The molecule has 4 rings (SSSR count). The summed E-state index contributed by atoms with van der Waals surface area (Å²) in [5.74, 6) is 0.428. The van der Waals surface area contributed by atoms with Gasteiger partial charge in [0.15, 0.2) is 5.96 Å². The molecular weight excluding hydrogens is 791 g/mol. The molecule has 1 aliphatic carbocycles. The van der Waals surface area contributed by atoms with Crippen LogP contribution in [0.1, 0.15) is 87.5 Å². The maximum absolute atomic E-state index is 13.9. The molecule has 3 atom stereocenters. The Bertz CT molecular complexity index is 2030. The van der Waals surface area contributed by atoms with E-state index in [1.165, 1.54) is 0 Å². The average Bonchev–Trinajstić information content (AvgIpc) is 3.55. The number of nitrogens with one attached hydrogen (secondary N) is 4. The molecule has 1 aliphatic rings. The van der Waals surface area contributed by atoms with Crippen LogP contribution in [0.15, 0.2) is 77.8 Å². The molecule has 15 nitrogen and oxygen atoms in total. The molecule has 0 aromatic heterocycles. The number of carbonyl (C=O) groups is 5. The highest BCUT2D eigenvalue weighted by Gasteiger charge is 2.32. The van der Waals surface area contributed by atoms with E-state index in [4.69, 9.17) is 26.4 Å². The van der Waals surface area contributed by atoms with E-state index < -0.39 is 53.7 Å². The third kappa shape index (κ3) is 15.2. The molecule has 6 N–H and O–H groups in total. The Balaban J connectivity index is 1.44. The predicted octanol–water partition coefficient (Wildman–Crippen LogP) is 5.29. The Hall–Kier alpha value is -6.56. The maximum atomic E-state index is 13.9. The van der Waals surface area contributed by atoms with E-state index >= 15 is 0 Å². The molecule has 0 unspecified atom stereocenters. The second kappa shape index (κ2) is 23.4. The Morgan fingerprint density at radius 3 is 2.00 bits per heavy atom. The van der Waals surface area contributed by atoms with Crippen LogP contribution in [-0.4, -0.2) is 98.3 Å². The first kappa shape index (κ1) is 48.1. The van der Waals surface area contributed by atoms with Gasteiger partial charge in [0.25, 0.3) is 0 Å². The van der Waals surface area contributed by atoms with Crippen LogP contribution in [0.2, 0.25) is 0 Å². The van der Waals surface area contributed by atoms with Crippen molar-refractivity contribution >= 4 is 35.9 Å². The second-order valence-electron chi connectivity index (χ2n) is 16.3. The normalized spacial score (nSPS) is 13.5. The van der Waals surface area contributed by atoms with Gasteiger partial charge in [0.05, 0.1) is 0 Å². The molecule has 0 radical (unpaired) electrons. The minimum atomic E-state index is -1.28. The van der Waals surface area contributed by atoms with Crippen molar-refractivity contribution in [1.29, 1.82) is 0 Å². The molecule has 0 fully saturated rings. The van der Waals surface area contributed by atoms with Crippen LogP contribution in [0.25, 0.3) is 11.1 Å². The Labute approximate surface area is 364 Å². The Morgan fingerprint density at radius 1 is 0.790 bits per heavy atom. The lowest BCUT2D eigenvalue weighted by Gasteiger charge is -2.24. The number of fused-ring (bicyclic) bond motifs is 3. The van der Waals surface area contributed by atoms with Crippen LogP contribution < -0.4 is 27.0 Å². The lowest BCUT2D eigenvalue weighted by molar-refractivity contribution is -0.149. The molecule has 3 aromatic carbocycles. The molecule has 3 aromatic rings. The predicted molar refractivity (Wildman–Crippen MR) is 238 cm³/mol. The highest BCUT2D eigenvalue weighted by molar-refractivity contribution is 5.93. The summed E-state index contributed by atoms with van der Waals surface area (Å²) in [5, 5.41) is 10.8. The number of carbonyl (C=O) groups excluding carboxylic acids is 5. The van der Waals surface area contributed by atoms with Gasteiger partial charge in [-0.15, -0.1) is 12.3 Å². The Morgan fingerprint density at radius 2 is 1.39 bits per heavy atom. The summed E-state index contributed by atoms with van der Waals surface area (Å²) >= 11 is 0. The molecule has 15 heteroatoms. The van der Waals surface area contributed by atoms with Gasteiger partial charge in [-0.25, -0.2) is 14.4 Å². The number of guanidine groups is 1. The van der Waals surface area contributed by atoms with Crippen molar-refractivity contribution in [3.8, 4) is 23.5 Å². The number of nitrogens with two attached hydrogens (primary N) is 1. The van der Waals surface area contributed by atoms with Crippen LogP contribution >= 0.6 is 0 Å². The number of aryl methyl sites for hydroxylation is 1. The zero-order valence-electron chi connectivity index (χ0n) is 36.6. The largest absolute Gasteiger partial charge is 0.459 e. The summed E-state index contributed by atoms with van der Waals surface area (Å²) in [6.45, 7) is 7.77. The zero-order chi connectivity index (χ0) is 45.2. The number of ether oxygens (including phenoxy) is 3. The van der Waals surface area contributed by atoms with Gasteiger partial charge in [-0.3, -0.25) is 14.6 Å². The number of benzene rings is 3. The zero-order valence-corrected chi connectivity index (χ0v) is 36.6. The standard InChI is InChI=1S/C47H61N7O8/c1-8-16-38(41(55)52-40(21-13-14-27-50-45(58)62-47(3,4)5)43(57)60-29-32-25-23-31(2)24-26-32)51-42(56)39(22-15-28-49-44(48)54(6)7)53-46(59)61-30-37-35-19-11-9-17-33(35)34-18-10-12-20-36(34)37/h1,9-12,17-20,23-26,37-40H,13-16,21-22,27-30H2,2-7H3,(H2,48,49)(H,50,58)(H,51,56)(H,52,55)(H,53,59)/t38-,39-,40-/m0/s1. The quantitative estimate of drug-likeness (QED) is 0.0248. The van der Waals surface area contributed by atoms with Crippen molar-refractivity contribution < 1.29 is 38.2 Å². The molecule has 4 amide bonds. The van der Waals surface area contributed by atoms with E-state index in [1.54, 1.807) is 39.8 Å². The van der Waals surface area contributed by atoms with E-state index in [0.29, 0.717) is 25.2 Å². The minimum Gasteiger partial charge on any atom is -0.459 e. The van der Waals surface area contributed by atoms with Crippen LogP contribution in [0.4, 0.5) is 9.59 Å². The van der Waals surface area contributed by atoms with Gasteiger partial charge in [0, 0.05) is 39.5 Å². The van der Waals surface area contributed by atoms with E-state index in [1.807, 2.05) is 79.7 Å². The third-order valence-corrected chi connectivity index (χ3v) is 9.98. The fourth-order valence-corrected chi connectivity index (χ4v) is 6.72. The van der Waals surface area contributed by atoms with Gasteiger partial charge in [-0.2, -0.15) is 0 Å². The topological polar surface area (TPSA) is 203 Å². The number of unbranched alkanes of at least 4 members (excludes halogenated alkanes) is 1. The second-order valence-corrected chi connectivity index (χ2v) is 16.3. The molecule has 0 bridgehead atoms. The first-order chi connectivity index (χ1) is 29.6. The number of hydrogen-bond acceptors (Lipinski definition) is 9. The van der Waals surface area contributed by atoms with Crippen LogP contribution in [0.3, 0.4) is 0 Å². The summed E-state index contributed by atoms with van der Waals surface area (Å²) in [7, 11) is 3.51. The van der Waals surface area contributed by atoms with Crippen molar-refractivity contribution in [2.24, 2.45) is 10.7 Å². The molecule has 0 spiro atoms. The molecule has 62 heavy (non-hydrogen) atoms. The molecule has 0 heterocycles. The van der Waals surface area contributed by atoms with Gasteiger partial charge in [0.2, 0.25) is 11.8 Å². The van der Waals surface area contributed by atoms with Gasteiger partial charge in [-0.05, 0) is 87.6 Å². The number of hydrogen-bond donors (Lipinski definition) is 5. The number of nitrogens with zero attached hydrogens (tertiary/aromatic N) is 2. The molecule has 0 saturated carbocycles. The van der Waals surface area contributed by atoms with E-state index in [9.17, 15) is 24.0 Å². The summed E-state index contributed by atoms with van der Waals surface area (Å²) in [5.41, 5.74) is 11.3. The number of aliphatic imine (C=N–C) groups is 1. The fourth-order valence-electron chi connectivity index (χ4n) is 6.72. The lowest BCUT2D eigenvalue weighted by atomic mass is 9.98. The highest BCUT2D eigenvalue weighted by Crippen LogP contribution is 2.44.